The molecule has 5 heteroatoms. The Morgan fingerprint density at radius 2 is 2.06 bits per heavy atom. The van der Waals surface area contributed by atoms with Gasteiger partial charge in [0, 0.05) is 19.1 Å². The molecule has 0 radical (unpaired) electrons. The van der Waals surface area contributed by atoms with E-state index in [2.05, 4.69) is 5.32 Å². The Balaban J connectivity index is 2.18. The summed E-state index contributed by atoms with van der Waals surface area (Å²) in [6, 6.07) is 7.44. The lowest BCUT2D eigenvalue weighted by Crippen LogP contribution is -2.41. The number of fused-ring (bicyclic) bond motifs is 1. The van der Waals surface area contributed by atoms with Gasteiger partial charge in [0.2, 0.25) is 0 Å². The van der Waals surface area contributed by atoms with Crippen LogP contribution in [-0.4, -0.2) is 31.2 Å². The number of benzene rings is 1. The number of hydrogen-bond donors (Lipinski definition) is 1. The fourth-order valence-electron chi connectivity index (χ4n) is 2.26. The number of likely N-dealkylation sites (N-methyl/N-ethyl adjacent to an activating group) is 1. The average molecular weight is 244 g/mol. The second-order valence-electron chi connectivity index (χ2n) is 4.38. The molecule has 1 unspecified atom stereocenters. The van der Waals surface area contributed by atoms with Gasteiger partial charge in [0.15, 0.2) is 0 Å². The van der Waals surface area contributed by atoms with Crippen LogP contribution in [-0.2, 0) is 6.54 Å². The fourth-order valence-corrected chi connectivity index (χ4v) is 2.26. The van der Waals surface area contributed by atoms with Gasteiger partial charge < -0.3 is 5.32 Å². The molecule has 0 saturated carbocycles. The van der Waals surface area contributed by atoms with Crippen LogP contribution in [0.5, 0.6) is 0 Å². The van der Waals surface area contributed by atoms with Gasteiger partial charge in [-0.05, 0) is 18.2 Å². The molecule has 0 aromatic heterocycles. The summed E-state index contributed by atoms with van der Waals surface area (Å²) in [6.07, 6.45) is -4.15. The Bertz CT molecular complexity index is 390. The van der Waals surface area contributed by atoms with Crippen LogP contribution in [0.2, 0.25) is 0 Å². The van der Waals surface area contributed by atoms with Crippen LogP contribution in [0, 0.1) is 0 Å². The molecule has 2 nitrogen and oxygen atoms in total. The number of nitrogens with one attached hydrogen (secondary N) is 1. The minimum Gasteiger partial charge on any atom is -0.311 e. The first-order valence-corrected chi connectivity index (χ1v) is 5.53. The Labute approximate surface area is 98.4 Å². The highest BCUT2D eigenvalue weighted by Gasteiger charge is 2.33. The van der Waals surface area contributed by atoms with Crippen molar-refractivity contribution in [2.24, 2.45) is 0 Å². The number of hydrogen-bond acceptors (Lipinski definition) is 2. The highest BCUT2D eigenvalue weighted by Crippen LogP contribution is 2.28. The zero-order valence-corrected chi connectivity index (χ0v) is 9.59. The van der Waals surface area contributed by atoms with Crippen molar-refractivity contribution < 1.29 is 13.2 Å². The molecule has 0 aliphatic carbocycles. The molecule has 1 aliphatic rings. The maximum atomic E-state index is 12.4. The molecule has 17 heavy (non-hydrogen) atoms. The molecule has 2 rings (SSSR count). The van der Waals surface area contributed by atoms with Gasteiger partial charge in [0.05, 0.1) is 6.54 Å². The van der Waals surface area contributed by atoms with Crippen molar-refractivity contribution in [1.29, 1.82) is 0 Å². The smallest absolute Gasteiger partial charge is 0.311 e. The van der Waals surface area contributed by atoms with Crippen molar-refractivity contribution in [3.63, 3.8) is 0 Å². The lowest BCUT2D eigenvalue weighted by Gasteiger charge is -2.34. The van der Waals surface area contributed by atoms with E-state index in [9.17, 15) is 13.2 Å². The van der Waals surface area contributed by atoms with Crippen molar-refractivity contribution >= 4 is 0 Å². The first-order chi connectivity index (χ1) is 7.97. The summed E-state index contributed by atoms with van der Waals surface area (Å²) in [5.74, 6) is 0. The van der Waals surface area contributed by atoms with Crippen LogP contribution in [0.25, 0.3) is 0 Å². The molecular formula is C12H15F3N2. The van der Waals surface area contributed by atoms with Gasteiger partial charge in [-0.2, -0.15) is 13.2 Å². The van der Waals surface area contributed by atoms with E-state index in [-0.39, 0.29) is 6.04 Å². The maximum Gasteiger partial charge on any atom is 0.401 e. The number of nitrogens with zero attached hydrogens (tertiary/aromatic N) is 1. The molecule has 1 aliphatic heterocycles. The summed E-state index contributed by atoms with van der Waals surface area (Å²) >= 11 is 0. The fraction of sp³-hybridized carbons (Fsp3) is 0.500. The summed E-state index contributed by atoms with van der Waals surface area (Å²) < 4.78 is 37.1. The molecule has 1 aromatic rings. The van der Waals surface area contributed by atoms with Crippen molar-refractivity contribution in [3.05, 3.63) is 35.4 Å². The minimum absolute atomic E-state index is 0.207. The van der Waals surface area contributed by atoms with Crippen molar-refractivity contribution in [1.82, 2.24) is 10.2 Å². The lowest BCUT2D eigenvalue weighted by molar-refractivity contribution is -0.147. The quantitative estimate of drug-likeness (QED) is 0.859. The monoisotopic (exact) mass is 244 g/mol. The number of rotatable bonds is 2. The molecule has 0 bridgehead atoms. The van der Waals surface area contributed by atoms with Crippen LogP contribution in [0.3, 0.4) is 0 Å². The van der Waals surface area contributed by atoms with Crippen LogP contribution < -0.4 is 5.32 Å². The number of halogens is 3. The standard InChI is InChI=1S/C12H15F3N2/c1-17(8-12(13,14)15)11-7-16-6-9-4-2-3-5-10(9)11/h2-5,11,16H,6-8H2,1H3. The Morgan fingerprint density at radius 3 is 2.76 bits per heavy atom. The van der Waals surface area contributed by atoms with Gasteiger partial charge in [0.25, 0.3) is 0 Å². The third kappa shape index (κ3) is 2.98. The summed E-state index contributed by atoms with van der Waals surface area (Å²) in [6.45, 7) is 0.407. The highest BCUT2D eigenvalue weighted by atomic mass is 19.4. The van der Waals surface area contributed by atoms with Gasteiger partial charge in [0.1, 0.15) is 0 Å². The van der Waals surface area contributed by atoms with E-state index < -0.39 is 12.7 Å². The molecule has 0 fully saturated rings. The van der Waals surface area contributed by atoms with Crippen LogP contribution in [0.4, 0.5) is 13.2 Å². The lowest BCUT2D eigenvalue weighted by atomic mass is 9.96. The molecule has 1 N–H and O–H groups in total. The van der Waals surface area contributed by atoms with E-state index in [4.69, 9.17) is 0 Å². The molecule has 1 atom stereocenters. The second kappa shape index (κ2) is 4.66. The molecular weight excluding hydrogens is 229 g/mol. The van der Waals surface area contributed by atoms with Gasteiger partial charge in [-0.1, -0.05) is 24.3 Å². The molecule has 0 spiro atoms. The third-order valence-electron chi connectivity index (χ3n) is 3.03. The van der Waals surface area contributed by atoms with E-state index in [1.54, 1.807) is 0 Å². The van der Waals surface area contributed by atoms with Gasteiger partial charge in [-0.25, -0.2) is 0 Å². The normalized spacial score (nSPS) is 20.4. The summed E-state index contributed by atoms with van der Waals surface area (Å²) in [5.41, 5.74) is 2.08. The first kappa shape index (κ1) is 12.4. The van der Waals surface area contributed by atoms with Crippen LogP contribution >= 0.6 is 0 Å². The van der Waals surface area contributed by atoms with E-state index in [0.717, 1.165) is 17.7 Å². The van der Waals surface area contributed by atoms with E-state index in [0.29, 0.717) is 6.54 Å². The highest BCUT2D eigenvalue weighted by molar-refractivity contribution is 5.32. The maximum absolute atomic E-state index is 12.4. The SMILES string of the molecule is CN(CC(F)(F)F)C1CNCc2ccccc21. The van der Waals surface area contributed by atoms with E-state index in [1.165, 1.54) is 11.9 Å². The molecule has 0 saturated heterocycles. The van der Waals surface area contributed by atoms with Crippen LogP contribution in [0.15, 0.2) is 24.3 Å². The third-order valence-corrected chi connectivity index (χ3v) is 3.03. The van der Waals surface area contributed by atoms with E-state index in [1.807, 2.05) is 24.3 Å². The van der Waals surface area contributed by atoms with Gasteiger partial charge in [-0.3, -0.25) is 4.90 Å². The second-order valence-corrected chi connectivity index (χ2v) is 4.38. The summed E-state index contributed by atoms with van der Waals surface area (Å²) in [4.78, 5) is 1.35. The van der Waals surface area contributed by atoms with Crippen molar-refractivity contribution in [2.45, 2.75) is 18.8 Å². The molecule has 0 amide bonds. The molecule has 1 heterocycles. The first-order valence-electron chi connectivity index (χ1n) is 5.53. The minimum atomic E-state index is -4.15. The van der Waals surface area contributed by atoms with Crippen molar-refractivity contribution in [3.8, 4) is 0 Å². The zero-order valence-electron chi connectivity index (χ0n) is 9.59. The number of alkyl halides is 3. The predicted molar refractivity (Wildman–Crippen MR) is 59.6 cm³/mol. The summed E-state index contributed by atoms with van der Waals surface area (Å²) in [5, 5.41) is 3.15. The van der Waals surface area contributed by atoms with Crippen molar-refractivity contribution in [2.75, 3.05) is 20.1 Å². The van der Waals surface area contributed by atoms with Gasteiger partial charge >= 0.3 is 6.18 Å². The predicted octanol–water partition coefficient (Wildman–Crippen LogP) is 2.33. The van der Waals surface area contributed by atoms with Gasteiger partial charge in [-0.15, -0.1) is 0 Å². The topological polar surface area (TPSA) is 15.3 Å². The molecule has 94 valence electrons. The average Bonchev–Trinajstić information content (AvgIpc) is 2.26. The summed E-state index contributed by atoms with van der Waals surface area (Å²) in [7, 11) is 1.52. The largest absolute Gasteiger partial charge is 0.401 e. The Hall–Kier alpha value is -1.07. The Kier molecular flexibility index (Phi) is 3.40. The molecule has 1 aromatic carbocycles. The van der Waals surface area contributed by atoms with E-state index >= 15 is 0 Å². The zero-order chi connectivity index (χ0) is 12.5. The van der Waals surface area contributed by atoms with Crippen LogP contribution in [0.1, 0.15) is 17.2 Å². The Morgan fingerprint density at radius 1 is 1.35 bits per heavy atom.